The molecule has 0 saturated heterocycles. The Morgan fingerprint density at radius 2 is 1.85 bits per heavy atom. The van der Waals surface area contributed by atoms with Gasteiger partial charge in [-0.1, -0.05) is 55.8 Å². The van der Waals surface area contributed by atoms with Crippen LogP contribution in [0, 0.1) is 0 Å². The van der Waals surface area contributed by atoms with Crippen LogP contribution in [0.15, 0.2) is 77.8 Å². The standard InChI is InChI=1S/C28H29N2O2S/c1-3-4-11-21-18-32-25-15-8-13-23-26(16-17-30(21)28(23)25)33-19-27(31)29(2)24-14-7-10-20-9-5-6-12-22(20)24/h5-10,12-17,21H,3-4,11,18-19H2,1-2H3/q+1. The maximum Gasteiger partial charge on any atom is 0.256 e. The average molecular weight is 458 g/mol. The molecule has 2 heterocycles. The zero-order valence-electron chi connectivity index (χ0n) is 19.2. The van der Waals surface area contributed by atoms with Gasteiger partial charge in [0.25, 0.3) is 5.52 Å². The topological polar surface area (TPSA) is 33.4 Å². The summed E-state index contributed by atoms with van der Waals surface area (Å²) >= 11 is 1.60. The number of pyridine rings is 1. The summed E-state index contributed by atoms with van der Waals surface area (Å²) in [6.45, 7) is 2.95. The summed E-state index contributed by atoms with van der Waals surface area (Å²) in [4.78, 5) is 16.0. The molecule has 4 nitrogen and oxygen atoms in total. The zero-order chi connectivity index (χ0) is 22.8. The largest absolute Gasteiger partial charge is 0.480 e. The predicted molar refractivity (Wildman–Crippen MR) is 136 cm³/mol. The first-order valence-electron chi connectivity index (χ1n) is 11.6. The molecule has 5 heteroatoms. The van der Waals surface area contributed by atoms with Crippen molar-refractivity contribution in [2.24, 2.45) is 0 Å². The Balaban J connectivity index is 1.39. The van der Waals surface area contributed by atoms with Gasteiger partial charge in [0, 0.05) is 29.8 Å². The quantitative estimate of drug-likeness (QED) is 0.246. The van der Waals surface area contributed by atoms with Crippen LogP contribution in [-0.2, 0) is 4.79 Å². The number of anilines is 1. The van der Waals surface area contributed by atoms with E-state index in [1.165, 1.54) is 12.8 Å². The van der Waals surface area contributed by atoms with Gasteiger partial charge in [-0.05, 0) is 30.0 Å². The first kappa shape index (κ1) is 21.8. The van der Waals surface area contributed by atoms with Crippen molar-refractivity contribution in [3.05, 3.63) is 72.9 Å². The minimum atomic E-state index is 0.0848. The van der Waals surface area contributed by atoms with Crippen molar-refractivity contribution in [2.75, 3.05) is 24.3 Å². The van der Waals surface area contributed by atoms with Gasteiger partial charge in [0.2, 0.25) is 5.91 Å². The van der Waals surface area contributed by atoms with E-state index in [-0.39, 0.29) is 5.91 Å². The van der Waals surface area contributed by atoms with Gasteiger partial charge in [-0.15, -0.1) is 11.8 Å². The molecule has 1 aliphatic rings. The molecule has 33 heavy (non-hydrogen) atoms. The molecular weight excluding hydrogens is 428 g/mol. The van der Waals surface area contributed by atoms with Gasteiger partial charge in [-0.25, -0.2) is 0 Å². The Labute approximate surface area is 199 Å². The van der Waals surface area contributed by atoms with Crippen molar-refractivity contribution < 1.29 is 14.1 Å². The molecule has 0 spiro atoms. The summed E-state index contributed by atoms with van der Waals surface area (Å²) in [6, 6.07) is 23.0. The molecule has 1 amide bonds. The molecule has 0 fully saturated rings. The normalized spacial score (nSPS) is 14.9. The van der Waals surface area contributed by atoms with Crippen LogP contribution in [0.4, 0.5) is 5.69 Å². The van der Waals surface area contributed by atoms with Crippen LogP contribution >= 0.6 is 11.8 Å². The number of rotatable bonds is 7. The number of ether oxygens (including phenoxy) is 1. The first-order valence-corrected chi connectivity index (χ1v) is 12.6. The first-order chi connectivity index (χ1) is 16.2. The SMILES string of the molecule is CCCCC1COc2cccc3c(SCC(=O)N(C)c4cccc5ccccc45)cc[n+]1c23. The second-order valence-electron chi connectivity index (χ2n) is 8.59. The Morgan fingerprint density at radius 3 is 2.73 bits per heavy atom. The van der Waals surface area contributed by atoms with Gasteiger partial charge in [0.1, 0.15) is 0 Å². The fourth-order valence-electron chi connectivity index (χ4n) is 4.65. The lowest BCUT2D eigenvalue weighted by Crippen LogP contribution is -2.46. The third-order valence-electron chi connectivity index (χ3n) is 6.48. The minimum absolute atomic E-state index is 0.0848. The Morgan fingerprint density at radius 1 is 1.06 bits per heavy atom. The third kappa shape index (κ3) is 4.18. The third-order valence-corrected chi connectivity index (χ3v) is 7.54. The van der Waals surface area contributed by atoms with E-state index >= 15 is 0 Å². The van der Waals surface area contributed by atoms with Crippen molar-refractivity contribution in [3.63, 3.8) is 0 Å². The van der Waals surface area contributed by atoms with E-state index in [0.717, 1.165) is 51.0 Å². The lowest BCUT2D eigenvalue weighted by Gasteiger charge is -2.22. The summed E-state index contributed by atoms with van der Waals surface area (Å²) < 4.78 is 8.49. The number of fused-ring (bicyclic) bond motifs is 1. The van der Waals surface area contributed by atoms with E-state index in [0.29, 0.717) is 11.8 Å². The number of unbranched alkanes of at least 4 members (excludes halogenated alkanes) is 1. The number of aromatic nitrogens is 1. The highest BCUT2D eigenvalue weighted by Crippen LogP contribution is 2.35. The van der Waals surface area contributed by atoms with Crippen LogP contribution in [-0.4, -0.2) is 25.3 Å². The second-order valence-corrected chi connectivity index (χ2v) is 9.60. The van der Waals surface area contributed by atoms with Crippen LogP contribution in [0.3, 0.4) is 0 Å². The summed E-state index contributed by atoms with van der Waals surface area (Å²) in [6.07, 6.45) is 5.67. The van der Waals surface area contributed by atoms with E-state index in [1.54, 1.807) is 16.7 Å². The van der Waals surface area contributed by atoms with Gasteiger partial charge >= 0.3 is 0 Å². The van der Waals surface area contributed by atoms with Crippen LogP contribution in [0.5, 0.6) is 5.75 Å². The molecule has 0 aliphatic carbocycles. The van der Waals surface area contributed by atoms with E-state index in [2.05, 4.69) is 48.0 Å². The fourth-order valence-corrected chi connectivity index (χ4v) is 5.60. The van der Waals surface area contributed by atoms with Crippen molar-refractivity contribution in [2.45, 2.75) is 37.1 Å². The molecule has 0 radical (unpaired) electrons. The maximum atomic E-state index is 13.1. The van der Waals surface area contributed by atoms with Crippen molar-refractivity contribution >= 4 is 45.0 Å². The van der Waals surface area contributed by atoms with Crippen LogP contribution in [0.2, 0.25) is 0 Å². The summed E-state index contributed by atoms with van der Waals surface area (Å²) in [5.74, 6) is 1.40. The number of carbonyl (C=O) groups excluding carboxylic acids is 1. The number of benzene rings is 3. The van der Waals surface area contributed by atoms with Crippen LogP contribution in [0.1, 0.15) is 32.2 Å². The average Bonchev–Trinajstić information content (AvgIpc) is 2.87. The molecule has 0 N–H and O–H groups in total. The molecule has 0 saturated carbocycles. The van der Waals surface area contributed by atoms with Crippen LogP contribution in [0.25, 0.3) is 21.7 Å². The molecule has 168 valence electrons. The molecular formula is C28H29N2O2S+. The zero-order valence-corrected chi connectivity index (χ0v) is 20.0. The van der Waals surface area contributed by atoms with E-state index in [1.807, 2.05) is 43.4 Å². The number of carbonyl (C=O) groups is 1. The summed E-state index contributed by atoms with van der Waals surface area (Å²) in [5.41, 5.74) is 2.09. The van der Waals surface area contributed by atoms with Crippen molar-refractivity contribution in [3.8, 4) is 5.75 Å². The van der Waals surface area contributed by atoms with Crippen LogP contribution < -0.4 is 14.2 Å². The number of hydrogen-bond acceptors (Lipinski definition) is 3. The van der Waals surface area contributed by atoms with Crippen molar-refractivity contribution in [1.29, 1.82) is 0 Å². The summed E-state index contributed by atoms with van der Waals surface area (Å²) in [7, 11) is 1.87. The van der Waals surface area contributed by atoms with E-state index < -0.39 is 0 Å². The molecule has 1 aliphatic heterocycles. The Bertz CT molecular complexity index is 1310. The van der Waals surface area contributed by atoms with Gasteiger partial charge in [-0.2, -0.15) is 4.57 Å². The highest BCUT2D eigenvalue weighted by molar-refractivity contribution is 8.00. The molecule has 4 aromatic rings. The van der Waals surface area contributed by atoms with E-state index in [4.69, 9.17) is 4.74 Å². The Kier molecular flexibility index (Phi) is 6.23. The second kappa shape index (κ2) is 9.44. The van der Waals surface area contributed by atoms with Crippen molar-refractivity contribution in [1.82, 2.24) is 0 Å². The molecule has 1 unspecified atom stereocenters. The lowest BCUT2D eigenvalue weighted by atomic mass is 10.1. The molecule has 1 atom stereocenters. The predicted octanol–water partition coefficient (Wildman–Crippen LogP) is 6.16. The maximum absolute atomic E-state index is 13.1. The number of hydrogen-bond donors (Lipinski definition) is 0. The number of amides is 1. The molecule has 3 aromatic carbocycles. The highest BCUT2D eigenvalue weighted by atomic mass is 32.2. The number of nitrogens with zero attached hydrogens (tertiary/aromatic N) is 2. The monoisotopic (exact) mass is 457 g/mol. The molecule has 1 aromatic heterocycles. The highest BCUT2D eigenvalue weighted by Gasteiger charge is 2.30. The number of thioether (sulfide) groups is 1. The molecule has 5 rings (SSSR count). The van der Waals surface area contributed by atoms with Gasteiger partial charge in [0.15, 0.2) is 24.6 Å². The van der Waals surface area contributed by atoms with Gasteiger partial charge in [0.05, 0.1) is 16.8 Å². The smallest absolute Gasteiger partial charge is 0.256 e. The lowest BCUT2D eigenvalue weighted by molar-refractivity contribution is -0.704. The van der Waals surface area contributed by atoms with Gasteiger partial charge in [-0.3, -0.25) is 4.79 Å². The minimum Gasteiger partial charge on any atom is -0.480 e. The van der Waals surface area contributed by atoms with E-state index in [9.17, 15) is 4.79 Å². The van der Waals surface area contributed by atoms with Gasteiger partial charge < -0.3 is 9.64 Å². The Hall–Kier alpha value is -3.05. The molecule has 0 bridgehead atoms. The number of para-hydroxylation sites is 1. The fraction of sp³-hybridized carbons (Fsp3) is 0.286. The summed E-state index contributed by atoms with van der Waals surface area (Å²) in [5, 5.41) is 3.39.